The van der Waals surface area contributed by atoms with Crippen LogP contribution in [0.4, 0.5) is 0 Å². The van der Waals surface area contributed by atoms with Gasteiger partial charge < -0.3 is 9.64 Å². The molecule has 1 fully saturated rings. The van der Waals surface area contributed by atoms with Gasteiger partial charge in [-0.3, -0.25) is 4.79 Å². The Labute approximate surface area is 156 Å². The molecule has 7 heteroatoms. The molecule has 2 heterocycles. The van der Waals surface area contributed by atoms with Gasteiger partial charge in [-0.1, -0.05) is 25.8 Å². The lowest BCUT2D eigenvalue weighted by Gasteiger charge is -2.29. The molecule has 0 spiro atoms. The summed E-state index contributed by atoms with van der Waals surface area (Å²) in [5.41, 5.74) is 2.07. The predicted molar refractivity (Wildman–Crippen MR) is 99.3 cm³/mol. The number of nitrogens with one attached hydrogen (secondary N) is 1. The number of sulfonamides is 1. The molecule has 1 amide bonds. The van der Waals surface area contributed by atoms with Crippen LogP contribution in [0.25, 0.3) is 0 Å². The Morgan fingerprint density at radius 1 is 1.31 bits per heavy atom. The maximum Gasteiger partial charge on any atom is 0.240 e. The number of fused-ring (bicyclic) bond motifs is 1. The first kappa shape index (κ1) is 19.3. The van der Waals surface area contributed by atoms with Crippen LogP contribution in [0.15, 0.2) is 23.1 Å². The predicted octanol–water partition coefficient (Wildman–Crippen LogP) is 2.22. The first-order valence-electron chi connectivity index (χ1n) is 9.49. The Bertz CT molecular complexity index is 742. The van der Waals surface area contributed by atoms with Crippen molar-refractivity contribution in [1.29, 1.82) is 0 Å². The molecule has 2 aliphatic heterocycles. The SMILES string of the molecule is CCCCCC(=O)N1CCc2cc(S(=O)(=O)N[C@H]3CCOC3)ccc2C1. The third kappa shape index (κ3) is 4.64. The number of hydrogen-bond donors (Lipinski definition) is 1. The number of hydrogen-bond acceptors (Lipinski definition) is 4. The van der Waals surface area contributed by atoms with Crippen LogP contribution >= 0.6 is 0 Å². The fourth-order valence-corrected chi connectivity index (χ4v) is 4.81. The molecular formula is C19H28N2O4S. The Balaban J connectivity index is 1.65. The summed E-state index contributed by atoms with van der Waals surface area (Å²) in [6, 6.07) is 5.10. The summed E-state index contributed by atoms with van der Waals surface area (Å²) in [5.74, 6) is 0.198. The second-order valence-electron chi connectivity index (χ2n) is 7.13. The second kappa shape index (κ2) is 8.50. The third-order valence-electron chi connectivity index (χ3n) is 5.10. The fourth-order valence-electron chi connectivity index (χ4n) is 3.51. The van der Waals surface area contributed by atoms with Crippen molar-refractivity contribution in [3.05, 3.63) is 29.3 Å². The van der Waals surface area contributed by atoms with E-state index >= 15 is 0 Å². The summed E-state index contributed by atoms with van der Waals surface area (Å²) in [5, 5.41) is 0. The van der Waals surface area contributed by atoms with Crippen LogP contribution in [0, 0.1) is 0 Å². The van der Waals surface area contributed by atoms with Crippen LogP contribution in [-0.2, 0) is 32.5 Å². The Kier molecular flexibility index (Phi) is 6.32. The van der Waals surface area contributed by atoms with Gasteiger partial charge in [0.15, 0.2) is 0 Å². The second-order valence-corrected chi connectivity index (χ2v) is 8.85. The van der Waals surface area contributed by atoms with Crippen molar-refractivity contribution in [2.75, 3.05) is 19.8 Å². The van der Waals surface area contributed by atoms with E-state index in [1.165, 1.54) is 0 Å². The molecule has 1 atom stereocenters. The summed E-state index contributed by atoms with van der Waals surface area (Å²) < 4.78 is 33.1. The molecule has 0 radical (unpaired) electrons. The number of benzene rings is 1. The number of amides is 1. The molecule has 6 nitrogen and oxygen atoms in total. The topological polar surface area (TPSA) is 75.7 Å². The lowest BCUT2D eigenvalue weighted by Crippen LogP contribution is -2.37. The minimum absolute atomic E-state index is 0.146. The van der Waals surface area contributed by atoms with Crippen molar-refractivity contribution >= 4 is 15.9 Å². The molecule has 0 bridgehead atoms. The highest BCUT2D eigenvalue weighted by atomic mass is 32.2. The van der Waals surface area contributed by atoms with Gasteiger partial charge in [0, 0.05) is 32.2 Å². The summed E-state index contributed by atoms with van der Waals surface area (Å²) >= 11 is 0. The van der Waals surface area contributed by atoms with E-state index in [4.69, 9.17) is 4.74 Å². The van der Waals surface area contributed by atoms with Gasteiger partial charge >= 0.3 is 0 Å². The smallest absolute Gasteiger partial charge is 0.240 e. The third-order valence-corrected chi connectivity index (χ3v) is 6.62. The average Bonchev–Trinajstić information content (AvgIpc) is 3.13. The highest BCUT2D eigenvalue weighted by Gasteiger charge is 2.26. The molecule has 1 N–H and O–H groups in total. The number of carbonyl (C=O) groups excluding carboxylic acids is 1. The Morgan fingerprint density at radius 3 is 2.88 bits per heavy atom. The van der Waals surface area contributed by atoms with Gasteiger partial charge in [-0.25, -0.2) is 13.1 Å². The largest absolute Gasteiger partial charge is 0.380 e. The summed E-state index contributed by atoms with van der Waals surface area (Å²) in [7, 11) is -3.53. The van der Waals surface area contributed by atoms with Gasteiger partial charge in [-0.2, -0.15) is 0 Å². The van der Waals surface area contributed by atoms with Gasteiger partial charge in [-0.15, -0.1) is 0 Å². The van der Waals surface area contributed by atoms with E-state index in [2.05, 4.69) is 11.6 Å². The van der Waals surface area contributed by atoms with E-state index in [1.54, 1.807) is 12.1 Å². The summed E-state index contributed by atoms with van der Waals surface area (Å²) in [6.07, 6.45) is 5.13. The van der Waals surface area contributed by atoms with Crippen molar-refractivity contribution in [2.45, 2.75) is 62.9 Å². The molecule has 0 unspecified atom stereocenters. The minimum Gasteiger partial charge on any atom is -0.380 e. The minimum atomic E-state index is -3.53. The molecule has 144 valence electrons. The van der Waals surface area contributed by atoms with Crippen molar-refractivity contribution in [3.63, 3.8) is 0 Å². The molecule has 3 rings (SSSR count). The fraction of sp³-hybridized carbons (Fsp3) is 0.632. The van der Waals surface area contributed by atoms with Gasteiger partial charge in [-0.05, 0) is 42.5 Å². The zero-order chi connectivity index (χ0) is 18.6. The first-order chi connectivity index (χ1) is 12.5. The molecular weight excluding hydrogens is 352 g/mol. The van der Waals surface area contributed by atoms with Crippen molar-refractivity contribution in [2.24, 2.45) is 0 Å². The zero-order valence-electron chi connectivity index (χ0n) is 15.4. The lowest BCUT2D eigenvalue weighted by molar-refractivity contribution is -0.132. The maximum absolute atomic E-state index is 12.6. The number of carbonyl (C=O) groups is 1. The summed E-state index contributed by atoms with van der Waals surface area (Å²) in [6.45, 7) is 4.39. The molecule has 1 aromatic rings. The molecule has 0 aliphatic carbocycles. The van der Waals surface area contributed by atoms with Crippen LogP contribution in [0.3, 0.4) is 0 Å². The molecule has 2 aliphatic rings. The van der Waals surface area contributed by atoms with Crippen molar-refractivity contribution in [1.82, 2.24) is 9.62 Å². The van der Waals surface area contributed by atoms with E-state index < -0.39 is 10.0 Å². The van der Waals surface area contributed by atoms with E-state index in [0.29, 0.717) is 50.5 Å². The number of rotatable bonds is 7. The highest BCUT2D eigenvalue weighted by Crippen LogP contribution is 2.24. The van der Waals surface area contributed by atoms with Crippen LogP contribution in [0.2, 0.25) is 0 Å². The van der Waals surface area contributed by atoms with Crippen LogP contribution < -0.4 is 4.72 Å². The highest BCUT2D eigenvalue weighted by molar-refractivity contribution is 7.89. The lowest BCUT2D eigenvalue weighted by atomic mass is 9.99. The number of ether oxygens (including phenoxy) is 1. The van der Waals surface area contributed by atoms with Crippen molar-refractivity contribution < 1.29 is 17.9 Å². The van der Waals surface area contributed by atoms with Crippen LogP contribution in [0.1, 0.15) is 50.2 Å². The Hall–Kier alpha value is -1.44. The normalized spacial score (nSPS) is 20.2. The van der Waals surface area contributed by atoms with Gasteiger partial charge in [0.1, 0.15) is 0 Å². The van der Waals surface area contributed by atoms with E-state index in [1.807, 2.05) is 11.0 Å². The quantitative estimate of drug-likeness (QED) is 0.736. The standard InChI is InChI=1S/C19H28N2O4S/c1-2-3-4-5-19(22)21-10-8-15-12-18(7-6-16(15)13-21)26(23,24)20-17-9-11-25-14-17/h6-7,12,17,20H,2-5,8-11,13-14H2,1H3/t17-/m0/s1. The van der Waals surface area contributed by atoms with E-state index in [0.717, 1.165) is 30.4 Å². The first-order valence-corrected chi connectivity index (χ1v) is 11.0. The van der Waals surface area contributed by atoms with Gasteiger partial charge in [0.25, 0.3) is 0 Å². The molecule has 1 aromatic carbocycles. The van der Waals surface area contributed by atoms with Gasteiger partial charge in [0.2, 0.25) is 15.9 Å². The monoisotopic (exact) mass is 380 g/mol. The molecule has 0 aromatic heterocycles. The summed E-state index contributed by atoms with van der Waals surface area (Å²) in [4.78, 5) is 14.5. The van der Waals surface area contributed by atoms with E-state index in [-0.39, 0.29) is 11.9 Å². The maximum atomic E-state index is 12.6. The number of nitrogens with zero attached hydrogens (tertiary/aromatic N) is 1. The molecule has 0 saturated carbocycles. The molecule has 1 saturated heterocycles. The zero-order valence-corrected chi connectivity index (χ0v) is 16.2. The Morgan fingerprint density at radius 2 is 2.15 bits per heavy atom. The van der Waals surface area contributed by atoms with E-state index in [9.17, 15) is 13.2 Å². The van der Waals surface area contributed by atoms with Gasteiger partial charge in [0.05, 0.1) is 11.5 Å². The van der Waals surface area contributed by atoms with Crippen LogP contribution in [0.5, 0.6) is 0 Å². The van der Waals surface area contributed by atoms with Crippen molar-refractivity contribution in [3.8, 4) is 0 Å². The number of unbranched alkanes of at least 4 members (excludes halogenated alkanes) is 2. The van der Waals surface area contributed by atoms with Crippen LogP contribution in [-0.4, -0.2) is 45.0 Å². The molecule has 26 heavy (non-hydrogen) atoms. The average molecular weight is 381 g/mol.